The van der Waals surface area contributed by atoms with Crippen LogP contribution in [0.5, 0.6) is 5.75 Å². The normalized spacial score (nSPS) is 10.5. The van der Waals surface area contributed by atoms with E-state index in [1.54, 1.807) is 25.3 Å². The minimum absolute atomic E-state index is 0.172. The molecule has 0 saturated carbocycles. The second kappa shape index (κ2) is 9.05. The second-order valence-electron chi connectivity index (χ2n) is 6.66. The summed E-state index contributed by atoms with van der Waals surface area (Å²) in [6, 6.07) is 16.9. The number of hydrogen-bond acceptors (Lipinski definition) is 7. The molecule has 0 atom stereocenters. The molecule has 0 aliphatic heterocycles. The maximum absolute atomic E-state index is 11.9. The zero-order chi connectivity index (χ0) is 20.8. The zero-order valence-corrected chi connectivity index (χ0v) is 16.9. The largest absolute Gasteiger partial charge is 0.495 e. The fourth-order valence-corrected chi connectivity index (χ4v) is 2.78. The highest BCUT2D eigenvalue weighted by molar-refractivity contribution is 5.91. The smallest absolute Gasteiger partial charge is 0.337 e. The Balaban J connectivity index is 2.03. The molecule has 0 fully saturated rings. The molecule has 7 nitrogen and oxygen atoms in total. The van der Waals surface area contributed by atoms with Gasteiger partial charge in [0.05, 0.1) is 31.2 Å². The summed E-state index contributed by atoms with van der Waals surface area (Å²) >= 11 is 0. The molecule has 0 radical (unpaired) electrons. The number of aromatic nitrogens is 2. The van der Waals surface area contributed by atoms with Crippen LogP contribution in [0.25, 0.3) is 11.3 Å². The molecule has 0 unspecified atom stereocenters. The number of ether oxygens (including phenoxy) is 2. The molecule has 3 rings (SSSR count). The summed E-state index contributed by atoms with van der Waals surface area (Å²) in [4.78, 5) is 21.1. The van der Waals surface area contributed by atoms with Crippen LogP contribution in [0.3, 0.4) is 0 Å². The van der Waals surface area contributed by atoms with E-state index in [0.29, 0.717) is 28.8 Å². The van der Waals surface area contributed by atoms with Crippen molar-refractivity contribution < 1.29 is 14.3 Å². The first-order valence-corrected chi connectivity index (χ1v) is 9.24. The molecule has 2 aromatic carbocycles. The number of hydrogen-bond donors (Lipinski definition) is 2. The number of nitrogens with zero attached hydrogens (tertiary/aromatic N) is 2. The van der Waals surface area contributed by atoms with Crippen molar-refractivity contribution in [2.75, 3.05) is 24.9 Å². The molecule has 0 spiro atoms. The first-order chi connectivity index (χ1) is 14.0. The Morgan fingerprint density at radius 2 is 1.76 bits per heavy atom. The van der Waals surface area contributed by atoms with Crippen LogP contribution in [-0.4, -0.2) is 36.2 Å². The molecule has 0 aliphatic rings. The molecular weight excluding hydrogens is 368 g/mol. The predicted molar refractivity (Wildman–Crippen MR) is 114 cm³/mol. The van der Waals surface area contributed by atoms with Crippen molar-refractivity contribution in [3.63, 3.8) is 0 Å². The van der Waals surface area contributed by atoms with Crippen LogP contribution in [0, 0.1) is 0 Å². The minimum Gasteiger partial charge on any atom is -0.495 e. The molecule has 2 N–H and O–H groups in total. The van der Waals surface area contributed by atoms with Crippen LogP contribution in [0.2, 0.25) is 0 Å². The Labute approximate surface area is 170 Å². The van der Waals surface area contributed by atoms with Crippen molar-refractivity contribution >= 4 is 23.4 Å². The van der Waals surface area contributed by atoms with Gasteiger partial charge in [-0.1, -0.05) is 30.3 Å². The molecule has 1 aromatic heterocycles. The van der Waals surface area contributed by atoms with Crippen LogP contribution in [0.15, 0.2) is 54.6 Å². The van der Waals surface area contributed by atoms with E-state index >= 15 is 0 Å². The first kappa shape index (κ1) is 20.1. The average molecular weight is 392 g/mol. The predicted octanol–water partition coefficient (Wildman–Crippen LogP) is 4.50. The number of anilines is 3. The van der Waals surface area contributed by atoms with Gasteiger partial charge in [-0.05, 0) is 32.0 Å². The van der Waals surface area contributed by atoms with Crippen molar-refractivity contribution in [3.05, 3.63) is 60.2 Å². The maximum Gasteiger partial charge on any atom is 0.337 e. The van der Waals surface area contributed by atoms with Crippen molar-refractivity contribution in [1.82, 2.24) is 9.97 Å². The standard InChI is InChI=1S/C22H24N4O3/c1-14(2)23-22-25-17(15-8-6-5-7-9-15)13-20(26-22)24-18-12-16(21(27)29-4)10-11-19(18)28-3/h5-14H,1-4H3,(H2,23,24,25,26). The van der Waals surface area contributed by atoms with E-state index in [1.165, 1.54) is 7.11 Å². The Kier molecular flexibility index (Phi) is 6.29. The van der Waals surface area contributed by atoms with Gasteiger partial charge in [-0.25, -0.2) is 9.78 Å². The minimum atomic E-state index is -0.425. The van der Waals surface area contributed by atoms with Crippen molar-refractivity contribution in [2.45, 2.75) is 19.9 Å². The maximum atomic E-state index is 11.9. The summed E-state index contributed by atoms with van der Waals surface area (Å²) in [5, 5.41) is 6.48. The quantitative estimate of drug-likeness (QED) is 0.573. The lowest BCUT2D eigenvalue weighted by Gasteiger charge is -2.15. The third kappa shape index (κ3) is 5.01. The third-order valence-electron chi connectivity index (χ3n) is 4.10. The Hall–Kier alpha value is -3.61. The monoisotopic (exact) mass is 392 g/mol. The van der Waals surface area contributed by atoms with Crippen molar-refractivity contribution in [3.8, 4) is 17.0 Å². The van der Waals surface area contributed by atoms with Gasteiger partial charge in [0.25, 0.3) is 0 Å². The molecule has 0 bridgehead atoms. The first-order valence-electron chi connectivity index (χ1n) is 9.24. The lowest BCUT2D eigenvalue weighted by atomic mass is 10.1. The number of nitrogens with one attached hydrogen (secondary N) is 2. The molecule has 7 heteroatoms. The van der Waals surface area contributed by atoms with Gasteiger partial charge in [-0.3, -0.25) is 0 Å². The summed E-state index contributed by atoms with van der Waals surface area (Å²) in [6.07, 6.45) is 0. The highest BCUT2D eigenvalue weighted by Gasteiger charge is 2.13. The van der Waals surface area contributed by atoms with E-state index in [0.717, 1.165) is 11.3 Å². The van der Waals surface area contributed by atoms with E-state index in [9.17, 15) is 4.79 Å². The van der Waals surface area contributed by atoms with Crippen LogP contribution < -0.4 is 15.4 Å². The van der Waals surface area contributed by atoms with Gasteiger partial charge in [0.2, 0.25) is 5.95 Å². The molecule has 0 aliphatic carbocycles. The molecule has 0 amide bonds. The van der Waals surface area contributed by atoms with Crippen LogP contribution in [0.1, 0.15) is 24.2 Å². The molecule has 29 heavy (non-hydrogen) atoms. The number of rotatable bonds is 7. The van der Waals surface area contributed by atoms with Gasteiger partial charge in [0, 0.05) is 17.7 Å². The van der Waals surface area contributed by atoms with Gasteiger partial charge >= 0.3 is 5.97 Å². The average Bonchev–Trinajstić information content (AvgIpc) is 2.73. The van der Waals surface area contributed by atoms with E-state index in [-0.39, 0.29) is 6.04 Å². The number of benzene rings is 2. The molecule has 3 aromatic rings. The number of esters is 1. The van der Waals surface area contributed by atoms with Gasteiger partial charge in [-0.2, -0.15) is 4.98 Å². The second-order valence-corrected chi connectivity index (χ2v) is 6.66. The summed E-state index contributed by atoms with van der Waals surface area (Å²) < 4.78 is 10.2. The topological polar surface area (TPSA) is 85.4 Å². The highest BCUT2D eigenvalue weighted by atomic mass is 16.5. The molecule has 0 saturated heterocycles. The van der Waals surface area contributed by atoms with E-state index in [2.05, 4.69) is 20.6 Å². The van der Waals surface area contributed by atoms with E-state index in [1.807, 2.05) is 50.2 Å². The lowest BCUT2D eigenvalue weighted by molar-refractivity contribution is 0.0600. The van der Waals surface area contributed by atoms with Gasteiger partial charge in [0.15, 0.2) is 0 Å². The zero-order valence-electron chi connectivity index (χ0n) is 16.9. The summed E-state index contributed by atoms with van der Waals surface area (Å²) in [5.74, 6) is 1.23. The molecule has 1 heterocycles. The van der Waals surface area contributed by atoms with E-state index < -0.39 is 5.97 Å². The number of carbonyl (C=O) groups excluding carboxylic acids is 1. The fourth-order valence-electron chi connectivity index (χ4n) is 2.78. The summed E-state index contributed by atoms with van der Waals surface area (Å²) in [6.45, 7) is 4.04. The lowest BCUT2D eigenvalue weighted by Crippen LogP contribution is -2.13. The Morgan fingerprint density at radius 1 is 1.00 bits per heavy atom. The Bertz CT molecular complexity index is 991. The van der Waals surface area contributed by atoms with Crippen LogP contribution in [-0.2, 0) is 4.74 Å². The highest BCUT2D eigenvalue weighted by Crippen LogP contribution is 2.30. The molecule has 150 valence electrons. The van der Waals surface area contributed by atoms with Gasteiger partial charge < -0.3 is 20.1 Å². The van der Waals surface area contributed by atoms with Crippen molar-refractivity contribution in [2.24, 2.45) is 0 Å². The van der Waals surface area contributed by atoms with Gasteiger partial charge in [0.1, 0.15) is 11.6 Å². The third-order valence-corrected chi connectivity index (χ3v) is 4.10. The van der Waals surface area contributed by atoms with Gasteiger partial charge in [-0.15, -0.1) is 0 Å². The van der Waals surface area contributed by atoms with E-state index in [4.69, 9.17) is 9.47 Å². The number of methoxy groups -OCH3 is 2. The summed E-state index contributed by atoms with van der Waals surface area (Å²) in [7, 11) is 2.92. The van der Waals surface area contributed by atoms with Crippen LogP contribution >= 0.6 is 0 Å². The number of carbonyl (C=O) groups is 1. The fraction of sp³-hybridized carbons (Fsp3) is 0.227. The SMILES string of the molecule is COC(=O)c1ccc(OC)c(Nc2cc(-c3ccccc3)nc(NC(C)C)n2)c1. The molecular formula is C22H24N4O3. The summed E-state index contributed by atoms with van der Waals surface area (Å²) in [5.41, 5.74) is 2.76. The van der Waals surface area contributed by atoms with Crippen LogP contribution in [0.4, 0.5) is 17.5 Å². The Morgan fingerprint density at radius 3 is 2.41 bits per heavy atom. The van der Waals surface area contributed by atoms with Crippen molar-refractivity contribution in [1.29, 1.82) is 0 Å².